The highest BCUT2D eigenvalue weighted by atomic mass is 79.9. The van der Waals surface area contributed by atoms with E-state index >= 15 is 0 Å². The van der Waals surface area contributed by atoms with Gasteiger partial charge in [0.2, 0.25) is 11.8 Å². The molecule has 0 saturated carbocycles. The molecule has 0 unspecified atom stereocenters. The number of rotatable bonds is 3. The first kappa shape index (κ1) is 20.0. The van der Waals surface area contributed by atoms with Crippen molar-refractivity contribution in [3.05, 3.63) is 63.1 Å². The van der Waals surface area contributed by atoms with Crippen LogP contribution in [-0.4, -0.2) is 29.3 Å². The molecule has 2 amide bonds. The number of benzene rings is 2. The number of fused-ring (bicyclic) bond motifs is 2. The minimum atomic E-state index is -0.902. The van der Waals surface area contributed by atoms with Crippen LogP contribution in [0.15, 0.2) is 34.8 Å². The third-order valence-corrected chi connectivity index (χ3v) is 6.12. The highest BCUT2D eigenvalue weighted by Gasteiger charge is 2.32. The first-order chi connectivity index (χ1) is 13.8. The lowest BCUT2D eigenvalue weighted by Gasteiger charge is -2.25. The summed E-state index contributed by atoms with van der Waals surface area (Å²) in [7, 11) is 0. The van der Waals surface area contributed by atoms with Gasteiger partial charge in [-0.1, -0.05) is 22.0 Å². The maximum atomic E-state index is 13.7. The molecular weight excluding hydrogens is 444 g/mol. The number of hydrogen-bond acceptors (Lipinski definition) is 3. The number of carbonyl (C=O) groups is 2. The van der Waals surface area contributed by atoms with Crippen LogP contribution in [0.5, 0.6) is 0 Å². The van der Waals surface area contributed by atoms with Crippen molar-refractivity contribution in [1.29, 1.82) is 0 Å². The fourth-order valence-electron chi connectivity index (χ4n) is 4.15. The number of carbonyl (C=O) groups excluding carboxylic acids is 2. The van der Waals surface area contributed by atoms with E-state index in [9.17, 15) is 18.4 Å². The lowest BCUT2D eigenvalue weighted by atomic mass is 9.91. The summed E-state index contributed by atoms with van der Waals surface area (Å²) in [4.78, 5) is 26.6. The zero-order valence-electron chi connectivity index (χ0n) is 15.6. The van der Waals surface area contributed by atoms with Gasteiger partial charge in [0.05, 0.1) is 0 Å². The zero-order valence-corrected chi connectivity index (χ0v) is 17.1. The number of nitrogens with two attached hydrogens (primary N) is 1. The molecule has 2 aromatic carbocycles. The number of nitrogens with one attached hydrogen (secondary N) is 1. The molecule has 8 heteroatoms. The molecule has 1 aliphatic heterocycles. The van der Waals surface area contributed by atoms with Crippen LogP contribution < -0.4 is 11.1 Å². The van der Waals surface area contributed by atoms with E-state index in [1.54, 1.807) is 6.07 Å². The van der Waals surface area contributed by atoms with Gasteiger partial charge in [0, 0.05) is 35.1 Å². The van der Waals surface area contributed by atoms with Crippen molar-refractivity contribution in [1.82, 2.24) is 4.90 Å². The molecule has 152 valence electrons. The van der Waals surface area contributed by atoms with Gasteiger partial charge in [-0.05, 0) is 53.8 Å². The van der Waals surface area contributed by atoms with Crippen LogP contribution >= 0.6 is 15.9 Å². The van der Waals surface area contributed by atoms with Crippen molar-refractivity contribution >= 4 is 33.4 Å². The summed E-state index contributed by atoms with van der Waals surface area (Å²) >= 11 is 3.37. The van der Waals surface area contributed by atoms with Crippen LogP contribution in [0, 0.1) is 11.6 Å². The normalized spacial score (nSPS) is 19.2. The molecule has 0 saturated heterocycles. The van der Waals surface area contributed by atoms with Crippen molar-refractivity contribution in [2.75, 3.05) is 11.9 Å². The summed E-state index contributed by atoms with van der Waals surface area (Å²) in [6.45, 7) is 0.243. The van der Waals surface area contributed by atoms with Gasteiger partial charge in [-0.2, -0.15) is 0 Å². The monoisotopic (exact) mass is 463 g/mol. The molecule has 2 aliphatic rings. The maximum absolute atomic E-state index is 13.7. The van der Waals surface area contributed by atoms with Gasteiger partial charge in [0.15, 0.2) is 11.6 Å². The minimum absolute atomic E-state index is 0.0300. The van der Waals surface area contributed by atoms with Gasteiger partial charge in [-0.15, -0.1) is 0 Å². The van der Waals surface area contributed by atoms with E-state index in [0.29, 0.717) is 30.6 Å². The Hall–Kier alpha value is -2.32. The largest absolute Gasteiger partial charge is 0.329 e. The quantitative estimate of drug-likeness (QED) is 0.731. The van der Waals surface area contributed by atoms with Crippen LogP contribution in [-0.2, 0) is 22.6 Å². The predicted molar refractivity (Wildman–Crippen MR) is 108 cm³/mol. The first-order valence-corrected chi connectivity index (χ1v) is 10.2. The molecular formula is C21H20BrF2N3O2. The standard InChI is InChI=1S/C21H20BrF2N3O2/c22-13-3-1-12-9-27(10-20(28)26-19(12)6-13)21(29)8-18(25)14-4-2-11-5-16(23)17(24)7-15(11)14/h1,3,5-7,14,18H,2,4,8-10,25H2,(H,26,28)/t14-,18-/m0/s1. The fourth-order valence-corrected chi connectivity index (χ4v) is 4.51. The van der Waals surface area contributed by atoms with Crippen LogP contribution in [0.2, 0.25) is 0 Å². The molecule has 0 bridgehead atoms. The summed E-state index contributed by atoms with van der Waals surface area (Å²) in [5.74, 6) is -2.49. The Morgan fingerprint density at radius 3 is 2.76 bits per heavy atom. The number of nitrogens with zero attached hydrogens (tertiary/aromatic N) is 1. The molecule has 0 radical (unpaired) electrons. The Kier molecular flexibility index (Phi) is 5.40. The summed E-state index contributed by atoms with van der Waals surface area (Å²) in [5.41, 5.74) is 9.23. The highest BCUT2D eigenvalue weighted by Crippen LogP contribution is 2.37. The Morgan fingerprint density at radius 1 is 1.21 bits per heavy atom. The molecule has 0 spiro atoms. The van der Waals surface area contributed by atoms with Crippen LogP contribution in [0.3, 0.4) is 0 Å². The number of amides is 2. The van der Waals surface area contributed by atoms with Crippen molar-refractivity contribution in [2.45, 2.75) is 37.8 Å². The van der Waals surface area contributed by atoms with Crippen LogP contribution in [0.25, 0.3) is 0 Å². The molecule has 0 fully saturated rings. The van der Waals surface area contributed by atoms with Gasteiger partial charge >= 0.3 is 0 Å². The molecule has 1 aliphatic carbocycles. The second-order valence-electron chi connectivity index (χ2n) is 7.58. The molecule has 4 rings (SSSR count). The van der Waals surface area contributed by atoms with Gasteiger partial charge in [0.1, 0.15) is 6.54 Å². The topological polar surface area (TPSA) is 75.4 Å². The fraction of sp³-hybridized carbons (Fsp3) is 0.333. The molecule has 3 N–H and O–H groups in total. The molecule has 2 atom stereocenters. The number of aryl methyl sites for hydroxylation is 1. The second-order valence-corrected chi connectivity index (χ2v) is 8.49. The zero-order chi connectivity index (χ0) is 20.7. The number of hydrogen-bond donors (Lipinski definition) is 2. The Labute approximate surface area is 175 Å². The van der Waals surface area contributed by atoms with E-state index in [2.05, 4.69) is 21.2 Å². The van der Waals surface area contributed by atoms with E-state index in [-0.39, 0.29) is 30.7 Å². The van der Waals surface area contributed by atoms with Crippen molar-refractivity contribution in [2.24, 2.45) is 5.73 Å². The Bertz CT molecular complexity index is 998. The maximum Gasteiger partial charge on any atom is 0.244 e. The lowest BCUT2D eigenvalue weighted by molar-refractivity contribution is -0.135. The third-order valence-electron chi connectivity index (χ3n) is 5.63. The summed E-state index contributed by atoms with van der Waals surface area (Å²) < 4.78 is 28.0. The first-order valence-electron chi connectivity index (χ1n) is 9.41. The van der Waals surface area contributed by atoms with Crippen molar-refractivity contribution in [3.63, 3.8) is 0 Å². The lowest BCUT2D eigenvalue weighted by Crippen LogP contribution is -2.40. The molecule has 1 heterocycles. The van der Waals surface area contributed by atoms with Gasteiger partial charge in [-0.25, -0.2) is 8.78 Å². The number of halogens is 3. The van der Waals surface area contributed by atoms with Crippen molar-refractivity contribution in [3.8, 4) is 0 Å². The number of anilines is 1. The third kappa shape index (κ3) is 4.04. The summed E-state index contributed by atoms with van der Waals surface area (Å²) in [6.07, 6.45) is 1.28. The summed E-state index contributed by atoms with van der Waals surface area (Å²) in [6, 6.07) is 7.39. The summed E-state index contributed by atoms with van der Waals surface area (Å²) in [5, 5.41) is 2.81. The molecule has 0 aromatic heterocycles. The van der Waals surface area contributed by atoms with Gasteiger partial charge < -0.3 is 16.0 Å². The molecule has 2 aromatic rings. The Balaban J connectivity index is 1.49. The van der Waals surface area contributed by atoms with E-state index in [0.717, 1.165) is 15.6 Å². The minimum Gasteiger partial charge on any atom is -0.329 e. The van der Waals surface area contributed by atoms with Gasteiger partial charge in [-0.3, -0.25) is 9.59 Å². The smallest absolute Gasteiger partial charge is 0.244 e. The van der Waals surface area contributed by atoms with Crippen LogP contribution in [0.4, 0.5) is 14.5 Å². The average molecular weight is 464 g/mol. The highest BCUT2D eigenvalue weighted by molar-refractivity contribution is 9.10. The van der Waals surface area contributed by atoms with Crippen molar-refractivity contribution < 1.29 is 18.4 Å². The SMILES string of the molecule is N[C@@H](CC(=O)N1CC(=O)Nc2cc(Br)ccc2C1)[C@H]1CCc2cc(F)c(F)cc21. The van der Waals surface area contributed by atoms with Crippen LogP contribution in [0.1, 0.15) is 35.4 Å². The van der Waals surface area contributed by atoms with E-state index < -0.39 is 17.7 Å². The second kappa shape index (κ2) is 7.84. The Morgan fingerprint density at radius 2 is 1.97 bits per heavy atom. The predicted octanol–water partition coefficient (Wildman–Crippen LogP) is 3.46. The average Bonchev–Trinajstić information content (AvgIpc) is 2.97. The van der Waals surface area contributed by atoms with E-state index in [1.807, 2.05) is 12.1 Å². The van der Waals surface area contributed by atoms with E-state index in [1.165, 1.54) is 17.0 Å². The molecule has 5 nitrogen and oxygen atoms in total. The van der Waals surface area contributed by atoms with Gasteiger partial charge in [0.25, 0.3) is 0 Å². The van der Waals surface area contributed by atoms with E-state index in [4.69, 9.17) is 5.73 Å². The molecule has 29 heavy (non-hydrogen) atoms.